The molecule has 0 aromatic rings. The summed E-state index contributed by atoms with van der Waals surface area (Å²) in [5.41, 5.74) is 0. The summed E-state index contributed by atoms with van der Waals surface area (Å²) in [6.07, 6.45) is 3.58. The van der Waals surface area contributed by atoms with Gasteiger partial charge in [0.05, 0.1) is 6.10 Å². The Morgan fingerprint density at radius 1 is 1.44 bits per heavy atom. The van der Waals surface area contributed by atoms with E-state index in [2.05, 4.69) is 17.1 Å². The summed E-state index contributed by atoms with van der Waals surface area (Å²) in [4.78, 5) is 13.8. The largest absolute Gasteiger partial charge is 0.393 e. The molecule has 2 atom stereocenters. The highest BCUT2D eigenvalue weighted by molar-refractivity contribution is 5.76. The Morgan fingerprint density at radius 2 is 2.19 bits per heavy atom. The molecule has 1 heterocycles. The fraction of sp³-hybridized carbons (Fsp3) is 0.917. The van der Waals surface area contributed by atoms with E-state index in [1.807, 2.05) is 0 Å². The molecular weight excluding hydrogens is 204 g/mol. The fourth-order valence-corrected chi connectivity index (χ4v) is 2.21. The van der Waals surface area contributed by atoms with E-state index in [0.29, 0.717) is 18.4 Å². The van der Waals surface area contributed by atoms with Crippen molar-refractivity contribution in [3.8, 4) is 0 Å². The lowest BCUT2D eigenvalue weighted by Gasteiger charge is -2.34. The number of aliphatic hydroxyl groups excluding tert-OH is 1. The first-order valence-electron chi connectivity index (χ1n) is 6.35. The Hall–Kier alpha value is -0.610. The predicted octanol–water partition coefficient (Wildman–Crippen LogP) is 0.358. The van der Waals surface area contributed by atoms with Crippen molar-refractivity contribution in [1.82, 2.24) is 10.2 Å². The van der Waals surface area contributed by atoms with Gasteiger partial charge in [0.1, 0.15) is 0 Å². The number of piperidine rings is 1. The lowest BCUT2D eigenvalue weighted by Crippen LogP contribution is -2.43. The standard InChI is InChI=1S/C12H22N2O2/c1-9-8-14(6-4-11(9)15)7-5-12(16)13-10-2-3-10/h9-11,15H,2-8H2,1H3,(H,13,16). The summed E-state index contributed by atoms with van der Waals surface area (Å²) in [6, 6.07) is 0.467. The minimum atomic E-state index is -0.156. The Morgan fingerprint density at radius 3 is 2.81 bits per heavy atom. The average molecular weight is 226 g/mol. The van der Waals surface area contributed by atoms with Crippen molar-refractivity contribution in [3.63, 3.8) is 0 Å². The van der Waals surface area contributed by atoms with Gasteiger partial charge in [-0.25, -0.2) is 0 Å². The zero-order chi connectivity index (χ0) is 11.5. The molecule has 2 N–H and O–H groups in total. The first-order chi connectivity index (χ1) is 7.65. The van der Waals surface area contributed by atoms with Gasteiger partial charge in [-0.2, -0.15) is 0 Å². The summed E-state index contributed by atoms with van der Waals surface area (Å²) in [6.45, 7) is 4.73. The fourth-order valence-electron chi connectivity index (χ4n) is 2.21. The monoisotopic (exact) mass is 226 g/mol. The van der Waals surface area contributed by atoms with Crippen LogP contribution >= 0.6 is 0 Å². The van der Waals surface area contributed by atoms with Crippen LogP contribution < -0.4 is 5.32 Å². The number of carbonyl (C=O) groups excluding carboxylic acids is 1. The van der Waals surface area contributed by atoms with Crippen molar-refractivity contribution in [2.24, 2.45) is 5.92 Å². The smallest absolute Gasteiger partial charge is 0.221 e. The average Bonchev–Trinajstić information content (AvgIpc) is 3.04. The first kappa shape index (κ1) is 11.9. The lowest BCUT2D eigenvalue weighted by atomic mass is 9.97. The lowest BCUT2D eigenvalue weighted by molar-refractivity contribution is -0.121. The van der Waals surface area contributed by atoms with Crippen LogP contribution in [0.4, 0.5) is 0 Å². The second-order valence-electron chi connectivity index (χ2n) is 5.23. The summed E-state index contributed by atoms with van der Waals surface area (Å²) in [5, 5.41) is 12.6. The molecule has 0 radical (unpaired) electrons. The molecule has 2 unspecified atom stereocenters. The van der Waals surface area contributed by atoms with E-state index < -0.39 is 0 Å². The normalized spacial score (nSPS) is 31.4. The quantitative estimate of drug-likeness (QED) is 0.727. The number of nitrogens with one attached hydrogen (secondary N) is 1. The van der Waals surface area contributed by atoms with Gasteiger partial charge in [-0.15, -0.1) is 0 Å². The molecule has 0 aromatic carbocycles. The van der Waals surface area contributed by atoms with Crippen LogP contribution in [-0.2, 0) is 4.79 Å². The van der Waals surface area contributed by atoms with E-state index in [1.54, 1.807) is 0 Å². The van der Waals surface area contributed by atoms with Crippen molar-refractivity contribution in [2.75, 3.05) is 19.6 Å². The van der Waals surface area contributed by atoms with Crippen molar-refractivity contribution in [2.45, 2.75) is 44.8 Å². The van der Waals surface area contributed by atoms with Crippen LogP contribution in [0.1, 0.15) is 32.6 Å². The van der Waals surface area contributed by atoms with Crippen LogP contribution in [0.15, 0.2) is 0 Å². The highest BCUT2D eigenvalue weighted by Crippen LogP contribution is 2.19. The zero-order valence-electron chi connectivity index (χ0n) is 9.98. The Bertz CT molecular complexity index is 253. The number of amides is 1. The second kappa shape index (κ2) is 5.15. The van der Waals surface area contributed by atoms with Crippen LogP contribution in [0, 0.1) is 5.92 Å². The maximum atomic E-state index is 11.5. The van der Waals surface area contributed by atoms with E-state index in [1.165, 1.54) is 0 Å². The molecule has 4 heteroatoms. The summed E-state index contributed by atoms with van der Waals surface area (Å²) in [7, 11) is 0. The number of likely N-dealkylation sites (tertiary alicyclic amines) is 1. The van der Waals surface area contributed by atoms with Gasteiger partial charge < -0.3 is 15.3 Å². The zero-order valence-corrected chi connectivity index (χ0v) is 9.98. The van der Waals surface area contributed by atoms with Gasteiger partial charge in [0.15, 0.2) is 0 Å². The highest BCUT2D eigenvalue weighted by Gasteiger charge is 2.26. The number of rotatable bonds is 4. The molecule has 92 valence electrons. The van der Waals surface area contributed by atoms with E-state index in [4.69, 9.17) is 0 Å². The maximum Gasteiger partial charge on any atom is 0.221 e. The van der Waals surface area contributed by atoms with Crippen molar-refractivity contribution in [3.05, 3.63) is 0 Å². The van der Waals surface area contributed by atoms with Crippen LogP contribution in [0.25, 0.3) is 0 Å². The molecule has 1 amide bonds. The molecule has 2 aliphatic rings. The van der Waals surface area contributed by atoms with Crippen molar-refractivity contribution < 1.29 is 9.90 Å². The molecule has 1 aliphatic heterocycles. The third-order valence-electron chi connectivity index (χ3n) is 3.54. The molecule has 16 heavy (non-hydrogen) atoms. The number of hydrogen-bond acceptors (Lipinski definition) is 3. The molecule has 0 bridgehead atoms. The van der Waals surface area contributed by atoms with Crippen molar-refractivity contribution >= 4 is 5.91 Å². The molecule has 1 saturated carbocycles. The van der Waals surface area contributed by atoms with Gasteiger partial charge in [-0.1, -0.05) is 6.92 Å². The topological polar surface area (TPSA) is 52.6 Å². The minimum absolute atomic E-state index is 0.156. The number of carbonyl (C=O) groups is 1. The van der Waals surface area contributed by atoms with Gasteiger partial charge >= 0.3 is 0 Å². The molecule has 2 rings (SSSR count). The third kappa shape index (κ3) is 3.46. The number of hydrogen-bond donors (Lipinski definition) is 2. The number of nitrogens with zero attached hydrogens (tertiary/aromatic N) is 1. The summed E-state index contributed by atoms with van der Waals surface area (Å²) in [5.74, 6) is 0.515. The minimum Gasteiger partial charge on any atom is -0.393 e. The van der Waals surface area contributed by atoms with E-state index in [0.717, 1.165) is 38.9 Å². The van der Waals surface area contributed by atoms with Gasteiger partial charge in [-0.05, 0) is 25.2 Å². The van der Waals surface area contributed by atoms with Crippen LogP contribution in [-0.4, -0.2) is 47.7 Å². The van der Waals surface area contributed by atoms with E-state index in [9.17, 15) is 9.90 Å². The number of aliphatic hydroxyl groups is 1. The molecular formula is C12H22N2O2. The third-order valence-corrected chi connectivity index (χ3v) is 3.54. The van der Waals surface area contributed by atoms with Crippen LogP contribution in [0.5, 0.6) is 0 Å². The molecule has 4 nitrogen and oxygen atoms in total. The van der Waals surface area contributed by atoms with E-state index >= 15 is 0 Å². The Balaban J connectivity index is 1.63. The molecule has 1 saturated heterocycles. The summed E-state index contributed by atoms with van der Waals surface area (Å²) >= 11 is 0. The summed E-state index contributed by atoms with van der Waals surface area (Å²) < 4.78 is 0. The first-order valence-corrected chi connectivity index (χ1v) is 6.35. The van der Waals surface area contributed by atoms with E-state index in [-0.39, 0.29) is 12.0 Å². The Labute approximate surface area is 97.0 Å². The van der Waals surface area contributed by atoms with Gasteiger partial charge in [0, 0.05) is 32.1 Å². The maximum absolute atomic E-state index is 11.5. The van der Waals surface area contributed by atoms with Gasteiger partial charge in [0.25, 0.3) is 0 Å². The van der Waals surface area contributed by atoms with Crippen LogP contribution in [0.2, 0.25) is 0 Å². The predicted molar refractivity (Wildman–Crippen MR) is 62.0 cm³/mol. The SMILES string of the molecule is CC1CN(CCC(=O)NC2CC2)CCC1O. The highest BCUT2D eigenvalue weighted by atomic mass is 16.3. The van der Waals surface area contributed by atoms with Crippen LogP contribution in [0.3, 0.4) is 0 Å². The van der Waals surface area contributed by atoms with Crippen molar-refractivity contribution in [1.29, 1.82) is 0 Å². The van der Waals surface area contributed by atoms with Gasteiger partial charge in [0.2, 0.25) is 5.91 Å². The molecule has 0 aromatic heterocycles. The molecule has 2 fully saturated rings. The van der Waals surface area contributed by atoms with Gasteiger partial charge in [-0.3, -0.25) is 4.79 Å². The molecule has 0 spiro atoms. The second-order valence-corrected chi connectivity index (χ2v) is 5.23. The Kier molecular flexibility index (Phi) is 3.82. The molecule has 1 aliphatic carbocycles.